The minimum absolute atomic E-state index is 0.140. The molecule has 0 unspecified atom stereocenters. The summed E-state index contributed by atoms with van der Waals surface area (Å²) in [6, 6.07) is 3.95. The van der Waals surface area contributed by atoms with Crippen LogP contribution in [0.25, 0.3) is 0 Å². The molecule has 0 spiro atoms. The van der Waals surface area contributed by atoms with Crippen LogP contribution in [0, 0.1) is 17.2 Å². The first-order valence-electron chi connectivity index (χ1n) is 7.40. The fourth-order valence-corrected chi connectivity index (χ4v) is 4.14. The molecule has 6 heteroatoms. The van der Waals surface area contributed by atoms with Gasteiger partial charge in [-0.1, -0.05) is 0 Å². The number of nitrogens with one attached hydrogen (secondary N) is 2. The van der Waals surface area contributed by atoms with Crippen molar-refractivity contribution in [1.82, 2.24) is 10.0 Å². The molecule has 0 amide bonds. The number of halogens is 1. The summed E-state index contributed by atoms with van der Waals surface area (Å²) in [7, 11) is -1.86. The highest BCUT2D eigenvalue weighted by molar-refractivity contribution is 7.89. The van der Waals surface area contributed by atoms with Crippen LogP contribution in [0.3, 0.4) is 0 Å². The lowest BCUT2D eigenvalue weighted by atomic mass is 10.0. The largest absolute Gasteiger partial charge is 0.316 e. The van der Waals surface area contributed by atoms with Crippen LogP contribution in [0.4, 0.5) is 4.39 Å². The molecular weight excluding hydrogens is 291 g/mol. The van der Waals surface area contributed by atoms with Crippen LogP contribution >= 0.6 is 0 Å². The van der Waals surface area contributed by atoms with E-state index in [1.54, 1.807) is 7.05 Å². The van der Waals surface area contributed by atoms with Crippen molar-refractivity contribution in [1.29, 1.82) is 0 Å². The molecule has 2 aliphatic rings. The summed E-state index contributed by atoms with van der Waals surface area (Å²) in [4.78, 5) is 0.140. The van der Waals surface area contributed by atoms with Crippen LogP contribution in [-0.4, -0.2) is 22.0 Å². The zero-order valence-corrected chi connectivity index (χ0v) is 13.0. The minimum atomic E-state index is -3.56. The minimum Gasteiger partial charge on any atom is -0.316 e. The van der Waals surface area contributed by atoms with Gasteiger partial charge in [0.05, 0.1) is 4.90 Å². The van der Waals surface area contributed by atoms with Gasteiger partial charge in [-0.05, 0) is 62.3 Å². The van der Waals surface area contributed by atoms with Crippen molar-refractivity contribution in [2.24, 2.45) is 11.3 Å². The summed E-state index contributed by atoms with van der Waals surface area (Å²) >= 11 is 0. The Morgan fingerprint density at radius 3 is 2.62 bits per heavy atom. The van der Waals surface area contributed by atoms with Crippen molar-refractivity contribution < 1.29 is 12.8 Å². The van der Waals surface area contributed by atoms with Crippen molar-refractivity contribution in [3.63, 3.8) is 0 Å². The number of hydrogen-bond acceptors (Lipinski definition) is 3. The van der Waals surface area contributed by atoms with E-state index in [0.717, 1.165) is 12.8 Å². The quantitative estimate of drug-likeness (QED) is 0.810. The molecule has 4 nitrogen and oxygen atoms in total. The fourth-order valence-electron chi connectivity index (χ4n) is 2.95. The highest BCUT2D eigenvalue weighted by atomic mass is 32.2. The van der Waals surface area contributed by atoms with Crippen LogP contribution in [0.2, 0.25) is 0 Å². The lowest BCUT2D eigenvalue weighted by molar-refractivity contribution is 0.432. The molecule has 1 aromatic carbocycles. The summed E-state index contributed by atoms with van der Waals surface area (Å²) in [5.41, 5.74) is 0.574. The number of rotatable bonds is 7. The number of sulfonamides is 1. The molecular formula is C15H21FN2O2S. The maximum Gasteiger partial charge on any atom is 0.240 e. The van der Waals surface area contributed by atoms with Crippen molar-refractivity contribution in [3.8, 4) is 0 Å². The van der Waals surface area contributed by atoms with E-state index in [1.807, 2.05) is 0 Å². The van der Waals surface area contributed by atoms with E-state index in [-0.39, 0.29) is 16.1 Å². The molecule has 0 heterocycles. The summed E-state index contributed by atoms with van der Waals surface area (Å²) in [6.07, 6.45) is 4.69. The van der Waals surface area contributed by atoms with Gasteiger partial charge < -0.3 is 5.32 Å². The van der Waals surface area contributed by atoms with E-state index in [0.29, 0.717) is 24.6 Å². The Labute approximate surface area is 125 Å². The Kier molecular flexibility index (Phi) is 3.80. The zero-order valence-electron chi connectivity index (χ0n) is 12.2. The molecule has 0 saturated heterocycles. The van der Waals surface area contributed by atoms with E-state index in [2.05, 4.69) is 10.0 Å². The van der Waals surface area contributed by atoms with Crippen molar-refractivity contribution >= 4 is 10.0 Å². The maximum absolute atomic E-state index is 13.6. The van der Waals surface area contributed by atoms with Crippen LogP contribution in [0.15, 0.2) is 23.1 Å². The smallest absolute Gasteiger partial charge is 0.240 e. The van der Waals surface area contributed by atoms with Gasteiger partial charge in [0.15, 0.2) is 0 Å². The second-order valence-electron chi connectivity index (χ2n) is 6.24. The van der Waals surface area contributed by atoms with Crippen molar-refractivity contribution in [2.45, 2.75) is 37.1 Å². The molecule has 2 aliphatic carbocycles. The standard InChI is InChI=1S/C15H21FN2O2S/c1-17-9-11-8-13(4-5-14(11)16)21(19,20)18-10-15(6-7-15)12-2-3-12/h4-5,8,12,17-18H,2-3,6-7,9-10H2,1H3. The van der Waals surface area contributed by atoms with E-state index < -0.39 is 10.0 Å². The molecule has 0 bridgehead atoms. The van der Waals surface area contributed by atoms with Crippen molar-refractivity contribution in [2.75, 3.05) is 13.6 Å². The van der Waals surface area contributed by atoms with Crippen molar-refractivity contribution in [3.05, 3.63) is 29.6 Å². The third-order valence-corrected chi connectivity index (χ3v) is 6.04. The topological polar surface area (TPSA) is 58.2 Å². The van der Waals surface area contributed by atoms with Gasteiger partial charge in [0, 0.05) is 18.7 Å². The Morgan fingerprint density at radius 2 is 2.05 bits per heavy atom. The van der Waals surface area contributed by atoms with Gasteiger partial charge in [-0.3, -0.25) is 0 Å². The summed E-state index contributed by atoms with van der Waals surface area (Å²) in [5, 5.41) is 2.84. The Morgan fingerprint density at radius 1 is 1.33 bits per heavy atom. The molecule has 21 heavy (non-hydrogen) atoms. The van der Waals surface area contributed by atoms with Gasteiger partial charge in [0.2, 0.25) is 10.0 Å². The summed E-state index contributed by atoms with van der Waals surface area (Å²) < 4.78 is 41.0. The molecule has 2 saturated carbocycles. The Hall–Kier alpha value is -0.980. The van der Waals surface area contributed by atoms with Crippen LogP contribution in [-0.2, 0) is 16.6 Å². The Balaban J connectivity index is 1.73. The second kappa shape index (κ2) is 5.34. The Bertz CT molecular complexity index is 637. The van der Waals surface area contributed by atoms with E-state index in [9.17, 15) is 12.8 Å². The van der Waals surface area contributed by atoms with Crippen LogP contribution < -0.4 is 10.0 Å². The average molecular weight is 312 g/mol. The molecule has 0 radical (unpaired) electrons. The van der Waals surface area contributed by atoms with Crippen LogP contribution in [0.1, 0.15) is 31.2 Å². The molecule has 1 aromatic rings. The average Bonchev–Trinajstić information content (AvgIpc) is 3.32. The number of hydrogen-bond donors (Lipinski definition) is 2. The fraction of sp³-hybridized carbons (Fsp3) is 0.600. The molecule has 0 aromatic heterocycles. The summed E-state index contributed by atoms with van der Waals surface area (Å²) in [5.74, 6) is 0.313. The van der Waals surface area contributed by atoms with Gasteiger partial charge in [-0.15, -0.1) is 0 Å². The SMILES string of the molecule is CNCc1cc(S(=O)(=O)NCC2(C3CC3)CC2)ccc1F. The first kappa shape index (κ1) is 14.9. The zero-order chi connectivity index (χ0) is 15.1. The second-order valence-corrected chi connectivity index (χ2v) is 8.01. The molecule has 0 aliphatic heterocycles. The van der Waals surface area contributed by atoms with E-state index in [1.165, 1.54) is 31.0 Å². The monoisotopic (exact) mass is 312 g/mol. The third kappa shape index (κ3) is 3.12. The highest BCUT2D eigenvalue weighted by Gasteiger charge is 2.53. The van der Waals surface area contributed by atoms with Gasteiger partial charge in [0.1, 0.15) is 5.82 Å². The van der Waals surface area contributed by atoms with Crippen LogP contribution in [0.5, 0.6) is 0 Å². The molecule has 116 valence electrons. The normalized spacial score (nSPS) is 20.5. The number of benzene rings is 1. The third-order valence-electron chi connectivity index (χ3n) is 4.64. The van der Waals surface area contributed by atoms with E-state index >= 15 is 0 Å². The lowest BCUT2D eigenvalue weighted by Crippen LogP contribution is -2.31. The van der Waals surface area contributed by atoms with Gasteiger partial charge >= 0.3 is 0 Å². The maximum atomic E-state index is 13.6. The van der Waals surface area contributed by atoms with Gasteiger partial charge in [-0.2, -0.15) is 0 Å². The molecule has 3 rings (SSSR count). The molecule has 2 N–H and O–H groups in total. The first-order chi connectivity index (χ1) is 9.97. The molecule has 0 atom stereocenters. The van der Waals surface area contributed by atoms with E-state index in [4.69, 9.17) is 0 Å². The lowest BCUT2D eigenvalue weighted by Gasteiger charge is -2.15. The predicted molar refractivity (Wildman–Crippen MR) is 78.7 cm³/mol. The summed E-state index contributed by atoms with van der Waals surface area (Å²) in [6.45, 7) is 0.819. The predicted octanol–water partition coefficient (Wildman–Crippen LogP) is 2.01. The highest BCUT2D eigenvalue weighted by Crippen LogP contribution is 2.60. The van der Waals surface area contributed by atoms with Gasteiger partial charge in [0.25, 0.3) is 0 Å². The molecule has 2 fully saturated rings. The van der Waals surface area contributed by atoms with Gasteiger partial charge in [-0.25, -0.2) is 17.5 Å². The first-order valence-corrected chi connectivity index (χ1v) is 8.88.